The smallest absolute Gasteiger partial charge is 0.0622 e. The molecule has 0 radical (unpaired) electrons. The molecule has 0 aromatic heterocycles. The van der Waals surface area contributed by atoms with E-state index in [1.807, 2.05) is 0 Å². The Morgan fingerprint density at radius 2 is 0.804 bits per heavy atom. The maximum atomic E-state index is 2.42. The fourth-order valence-electron chi connectivity index (χ4n) is 9.39. The third-order valence-corrected chi connectivity index (χ3v) is 11.5. The first-order valence-corrected chi connectivity index (χ1v) is 17.9. The molecule has 1 aliphatic carbocycles. The molecule has 0 nitrogen and oxygen atoms in total. The molecule has 236 valence electrons. The Kier molecular flexibility index (Phi) is 5.97. The SMILES string of the molecule is c1ccc(C2(c3ccccc3)c3ccccc3-c3cccc4c(-c5cccc(-c6ccc7ccc8cccc9ccc6c7c89)c5)ccc2c34)cc1. The highest BCUT2D eigenvalue weighted by atomic mass is 14.4. The van der Waals surface area contributed by atoms with Crippen molar-refractivity contribution in [2.45, 2.75) is 5.41 Å². The van der Waals surface area contributed by atoms with Crippen molar-refractivity contribution in [2.75, 3.05) is 0 Å². The molecule has 0 heteroatoms. The van der Waals surface area contributed by atoms with Gasteiger partial charge in [-0.3, -0.25) is 0 Å². The number of rotatable bonds is 4. The maximum absolute atomic E-state index is 2.42. The van der Waals surface area contributed by atoms with Gasteiger partial charge in [-0.15, -0.1) is 0 Å². The van der Waals surface area contributed by atoms with Crippen LogP contribution in [0.5, 0.6) is 0 Å². The summed E-state index contributed by atoms with van der Waals surface area (Å²) in [6, 6.07) is 72.4. The monoisotopic (exact) mass is 644 g/mol. The predicted octanol–water partition coefficient (Wildman–Crippen LogP) is 13.4. The summed E-state index contributed by atoms with van der Waals surface area (Å²) in [7, 11) is 0. The van der Waals surface area contributed by atoms with E-state index in [9.17, 15) is 0 Å². The van der Waals surface area contributed by atoms with Gasteiger partial charge in [-0.25, -0.2) is 0 Å². The largest absolute Gasteiger partial charge is 0.0713 e. The van der Waals surface area contributed by atoms with Gasteiger partial charge in [-0.05, 0) is 105 Å². The fraction of sp³-hybridized carbons (Fsp3) is 0.0196. The molecule has 0 spiro atoms. The van der Waals surface area contributed by atoms with Gasteiger partial charge in [0.1, 0.15) is 0 Å². The molecule has 0 amide bonds. The maximum Gasteiger partial charge on any atom is 0.0713 e. The quantitative estimate of drug-likeness (QED) is 0.167. The highest BCUT2D eigenvalue weighted by molar-refractivity contribution is 6.25. The molecular weight excluding hydrogens is 613 g/mol. The van der Waals surface area contributed by atoms with Crippen molar-refractivity contribution in [3.8, 4) is 33.4 Å². The Hall–Kier alpha value is -6.50. The Balaban J connectivity index is 1.17. The van der Waals surface area contributed by atoms with Crippen molar-refractivity contribution < 1.29 is 0 Å². The summed E-state index contributed by atoms with van der Waals surface area (Å²) >= 11 is 0. The molecule has 0 heterocycles. The van der Waals surface area contributed by atoms with Gasteiger partial charge in [0, 0.05) is 0 Å². The second kappa shape index (κ2) is 10.7. The molecule has 0 N–H and O–H groups in total. The van der Waals surface area contributed by atoms with Gasteiger partial charge in [0.25, 0.3) is 0 Å². The van der Waals surface area contributed by atoms with Crippen LogP contribution in [-0.2, 0) is 5.41 Å². The fourth-order valence-corrected chi connectivity index (χ4v) is 9.39. The van der Waals surface area contributed by atoms with Gasteiger partial charge in [-0.1, -0.05) is 188 Å². The van der Waals surface area contributed by atoms with Gasteiger partial charge in [0.05, 0.1) is 5.41 Å². The van der Waals surface area contributed by atoms with Crippen LogP contribution in [0.15, 0.2) is 194 Å². The van der Waals surface area contributed by atoms with E-state index in [1.165, 1.54) is 98.7 Å². The van der Waals surface area contributed by atoms with Crippen molar-refractivity contribution in [3.63, 3.8) is 0 Å². The Morgan fingerprint density at radius 1 is 0.275 bits per heavy atom. The normalized spacial score (nSPS) is 13.3. The van der Waals surface area contributed by atoms with Crippen molar-refractivity contribution in [1.82, 2.24) is 0 Å². The minimum Gasteiger partial charge on any atom is -0.0622 e. The van der Waals surface area contributed by atoms with Crippen LogP contribution >= 0.6 is 0 Å². The summed E-state index contributed by atoms with van der Waals surface area (Å²) in [4.78, 5) is 0. The van der Waals surface area contributed by atoms with Crippen LogP contribution < -0.4 is 0 Å². The Morgan fingerprint density at radius 3 is 1.53 bits per heavy atom. The summed E-state index contributed by atoms with van der Waals surface area (Å²) in [5.41, 5.74) is 12.3. The van der Waals surface area contributed by atoms with E-state index in [0.29, 0.717) is 0 Å². The first kappa shape index (κ1) is 28.3. The van der Waals surface area contributed by atoms with Crippen LogP contribution in [0, 0.1) is 0 Å². The molecule has 0 unspecified atom stereocenters. The van der Waals surface area contributed by atoms with Crippen molar-refractivity contribution in [2.24, 2.45) is 0 Å². The van der Waals surface area contributed by atoms with E-state index in [2.05, 4.69) is 194 Å². The summed E-state index contributed by atoms with van der Waals surface area (Å²) in [6.45, 7) is 0. The van der Waals surface area contributed by atoms with Crippen LogP contribution in [0.2, 0.25) is 0 Å². The Bertz CT molecular complexity index is 2900. The second-order valence-electron chi connectivity index (χ2n) is 14.0. The lowest BCUT2D eigenvalue weighted by Crippen LogP contribution is -2.33. The van der Waals surface area contributed by atoms with E-state index in [4.69, 9.17) is 0 Å². The van der Waals surface area contributed by atoms with Crippen LogP contribution in [0.1, 0.15) is 22.3 Å². The van der Waals surface area contributed by atoms with Gasteiger partial charge < -0.3 is 0 Å². The van der Waals surface area contributed by atoms with Gasteiger partial charge in [-0.2, -0.15) is 0 Å². The van der Waals surface area contributed by atoms with Gasteiger partial charge >= 0.3 is 0 Å². The standard InChI is InChI=1S/C51H32/c1-3-16-38(17-4-1)51(39-18-5-2-6-19-39)46-23-8-7-20-42(46)44-22-11-21-43-41(30-31-47(51)50(43)44)37-15-10-14-36(32-37)40-28-26-35-25-24-33-12-9-13-34-27-29-45(40)49(35)48(33)34/h1-32H. The molecule has 0 bridgehead atoms. The van der Waals surface area contributed by atoms with Crippen LogP contribution in [-0.4, -0.2) is 0 Å². The first-order valence-electron chi connectivity index (χ1n) is 17.9. The van der Waals surface area contributed by atoms with Crippen LogP contribution in [0.25, 0.3) is 76.5 Å². The topological polar surface area (TPSA) is 0 Å². The highest BCUT2D eigenvalue weighted by Crippen LogP contribution is 2.56. The summed E-state index contributed by atoms with van der Waals surface area (Å²) < 4.78 is 0. The third kappa shape index (κ3) is 3.91. The van der Waals surface area contributed by atoms with Crippen molar-refractivity contribution in [1.29, 1.82) is 0 Å². The summed E-state index contributed by atoms with van der Waals surface area (Å²) in [5.74, 6) is 0. The molecule has 0 saturated heterocycles. The first-order chi connectivity index (χ1) is 25.3. The molecule has 11 rings (SSSR count). The molecule has 0 aliphatic heterocycles. The molecule has 0 atom stereocenters. The lowest BCUT2D eigenvalue weighted by atomic mass is 9.59. The van der Waals surface area contributed by atoms with Gasteiger partial charge in [0.15, 0.2) is 0 Å². The molecule has 1 aliphatic rings. The average Bonchev–Trinajstić information content (AvgIpc) is 3.21. The van der Waals surface area contributed by atoms with E-state index in [-0.39, 0.29) is 0 Å². The Labute approximate surface area is 297 Å². The average molecular weight is 645 g/mol. The van der Waals surface area contributed by atoms with Crippen molar-refractivity contribution in [3.05, 3.63) is 216 Å². The molecule has 51 heavy (non-hydrogen) atoms. The molecule has 0 fully saturated rings. The third-order valence-electron chi connectivity index (χ3n) is 11.5. The van der Waals surface area contributed by atoms with E-state index in [1.54, 1.807) is 0 Å². The number of benzene rings is 10. The number of fused-ring (bicyclic) bond motifs is 2. The molecule has 10 aromatic rings. The number of hydrogen-bond donors (Lipinski definition) is 0. The zero-order chi connectivity index (χ0) is 33.5. The van der Waals surface area contributed by atoms with Gasteiger partial charge in [0.2, 0.25) is 0 Å². The van der Waals surface area contributed by atoms with E-state index < -0.39 is 5.41 Å². The van der Waals surface area contributed by atoms with Crippen LogP contribution in [0.3, 0.4) is 0 Å². The van der Waals surface area contributed by atoms with Crippen LogP contribution in [0.4, 0.5) is 0 Å². The van der Waals surface area contributed by atoms with E-state index in [0.717, 1.165) is 0 Å². The zero-order valence-corrected chi connectivity index (χ0v) is 28.0. The number of hydrogen-bond acceptors (Lipinski definition) is 0. The predicted molar refractivity (Wildman–Crippen MR) is 216 cm³/mol. The second-order valence-corrected chi connectivity index (χ2v) is 14.0. The molecule has 10 aromatic carbocycles. The van der Waals surface area contributed by atoms with Crippen molar-refractivity contribution >= 4 is 43.1 Å². The summed E-state index contributed by atoms with van der Waals surface area (Å²) in [6.07, 6.45) is 0. The lowest BCUT2D eigenvalue weighted by molar-refractivity contribution is 0.750. The minimum atomic E-state index is -0.464. The summed E-state index contributed by atoms with van der Waals surface area (Å²) in [5, 5.41) is 10.5. The highest BCUT2D eigenvalue weighted by Gasteiger charge is 2.44. The minimum absolute atomic E-state index is 0.464. The molecular formula is C51H32. The lowest BCUT2D eigenvalue weighted by Gasteiger charge is -2.42. The van der Waals surface area contributed by atoms with E-state index >= 15 is 0 Å². The molecule has 0 saturated carbocycles. The zero-order valence-electron chi connectivity index (χ0n) is 28.0.